The van der Waals surface area contributed by atoms with E-state index in [-0.39, 0.29) is 18.4 Å². The minimum atomic E-state index is -0.496. The zero-order valence-electron chi connectivity index (χ0n) is 8.80. The van der Waals surface area contributed by atoms with Crippen LogP contribution in [0.2, 0.25) is 0 Å². The number of nitrogen functional groups attached to an aromatic ring is 1. The Morgan fingerprint density at radius 1 is 1.56 bits per heavy atom. The molecule has 86 valence electrons. The second kappa shape index (κ2) is 5.11. The number of hydrogen-bond donors (Lipinski definition) is 4. The zero-order valence-corrected chi connectivity index (χ0v) is 8.80. The fourth-order valence-electron chi connectivity index (χ4n) is 1.12. The van der Waals surface area contributed by atoms with Crippen molar-refractivity contribution >= 4 is 11.9 Å². The van der Waals surface area contributed by atoms with E-state index in [0.717, 1.165) is 0 Å². The van der Waals surface area contributed by atoms with Crippen molar-refractivity contribution in [2.24, 2.45) is 5.73 Å². The predicted molar refractivity (Wildman–Crippen MR) is 58.7 cm³/mol. The van der Waals surface area contributed by atoms with E-state index in [2.05, 4.69) is 10.6 Å². The molecule has 0 aliphatic heterocycles. The molecule has 1 rings (SSSR count). The van der Waals surface area contributed by atoms with Crippen LogP contribution in [0, 0.1) is 11.2 Å². The molecular formula is C10H13FN4O. The summed E-state index contributed by atoms with van der Waals surface area (Å²) in [7, 11) is 1.48. The molecule has 0 radical (unpaired) electrons. The fraction of sp³-hybridized carbons (Fsp3) is 0.200. The Balaban J connectivity index is 2.75. The maximum absolute atomic E-state index is 13.4. The molecule has 0 unspecified atom stereocenters. The maximum Gasteiger partial charge on any atom is 0.314 e. The second-order valence-corrected chi connectivity index (χ2v) is 3.15. The minimum Gasteiger partial charge on any atom is -0.384 e. The van der Waals surface area contributed by atoms with Crippen LogP contribution in [0.4, 0.5) is 9.18 Å². The maximum atomic E-state index is 13.4. The number of rotatable bonds is 3. The number of amidine groups is 1. The lowest BCUT2D eigenvalue weighted by molar-refractivity contribution is 0.242. The van der Waals surface area contributed by atoms with Gasteiger partial charge in [-0.2, -0.15) is 0 Å². The van der Waals surface area contributed by atoms with Crippen LogP contribution in [0.1, 0.15) is 11.1 Å². The number of amides is 2. The third-order valence-corrected chi connectivity index (χ3v) is 2.03. The van der Waals surface area contributed by atoms with Crippen LogP contribution >= 0.6 is 0 Å². The summed E-state index contributed by atoms with van der Waals surface area (Å²) in [6, 6.07) is 3.81. The number of urea groups is 1. The van der Waals surface area contributed by atoms with Crippen molar-refractivity contribution in [3.05, 3.63) is 35.1 Å². The first-order valence-corrected chi connectivity index (χ1v) is 4.63. The van der Waals surface area contributed by atoms with Gasteiger partial charge in [-0.3, -0.25) is 5.41 Å². The van der Waals surface area contributed by atoms with Gasteiger partial charge in [0.05, 0.1) is 0 Å². The smallest absolute Gasteiger partial charge is 0.314 e. The molecule has 0 saturated heterocycles. The molecule has 0 saturated carbocycles. The lowest BCUT2D eigenvalue weighted by Crippen LogP contribution is -2.32. The van der Waals surface area contributed by atoms with Gasteiger partial charge in [-0.25, -0.2) is 9.18 Å². The van der Waals surface area contributed by atoms with Crippen LogP contribution in [-0.4, -0.2) is 18.9 Å². The van der Waals surface area contributed by atoms with Crippen LogP contribution in [0.25, 0.3) is 0 Å². The highest BCUT2D eigenvalue weighted by atomic mass is 19.1. The lowest BCUT2D eigenvalue weighted by atomic mass is 10.1. The minimum absolute atomic E-state index is 0.0870. The van der Waals surface area contributed by atoms with E-state index >= 15 is 0 Å². The van der Waals surface area contributed by atoms with Crippen LogP contribution < -0.4 is 16.4 Å². The molecule has 0 atom stereocenters. The molecule has 0 spiro atoms. The topological polar surface area (TPSA) is 91.0 Å². The standard InChI is InChI=1S/C10H13FN4O/c1-14-10(16)15-5-7-3-2-6(9(12)13)4-8(7)11/h2-4H,5H2,1H3,(H3,12,13)(H2,14,15,16). The molecule has 0 aliphatic rings. The Bertz CT molecular complexity index is 419. The summed E-state index contributed by atoms with van der Waals surface area (Å²) in [6.45, 7) is 0.0870. The van der Waals surface area contributed by atoms with Crippen LogP contribution in [0.3, 0.4) is 0 Å². The van der Waals surface area contributed by atoms with Gasteiger partial charge in [0.2, 0.25) is 0 Å². The fourth-order valence-corrected chi connectivity index (χ4v) is 1.12. The second-order valence-electron chi connectivity index (χ2n) is 3.15. The Morgan fingerprint density at radius 3 is 2.75 bits per heavy atom. The largest absolute Gasteiger partial charge is 0.384 e. The molecule has 16 heavy (non-hydrogen) atoms. The van der Waals surface area contributed by atoms with Crippen LogP contribution in [-0.2, 0) is 6.54 Å². The van der Waals surface area contributed by atoms with E-state index in [1.54, 1.807) is 0 Å². The summed E-state index contributed by atoms with van der Waals surface area (Å²) in [5, 5.41) is 12.0. The van der Waals surface area contributed by atoms with Gasteiger partial charge in [0.1, 0.15) is 11.7 Å². The van der Waals surface area contributed by atoms with Gasteiger partial charge in [-0.05, 0) is 6.07 Å². The van der Waals surface area contributed by atoms with Crippen LogP contribution in [0.5, 0.6) is 0 Å². The van der Waals surface area contributed by atoms with Crippen molar-refractivity contribution in [2.75, 3.05) is 7.05 Å². The summed E-state index contributed by atoms with van der Waals surface area (Å²) < 4.78 is 13.4. The first-order chi connectivity index (χ1) is 7.54. The third-order valence-electron chi connectivity index (χ3n) is 2.03. The van der Waals surface area contributed by atoms with E-state index in [1.807, 2.05) is 0 Å². The van der Waals surface area contributed by atoms with E-state index in [0.29, 0.717) is 11.1 Å². The quantitative estimate of drug-likeness (QED) is 0.445. The molecule has 5 nitrogen and oxygen atoms in total. The number of benzene rings is 1. The summed E-state index contributed by atoms with van der Waals surface area (Å²) in [6.07, 6.45) is 0. The first kappa shape index (κ1) is 12.0. The number of nitrogens with one attached hydrogen (secondary N) is 3. The molecule has 2 amide bonds. The molecule has 1 aromatic carbocycles. The summed E-state index contributed by atoms with van der Waals surface area (Å²) in [5.74, 6) is -0.686. The average molecular weight is 224 g/mol. The van der Waals surface area contributed by atoms with Gasteiger partial charge in [0.25, 0.3) is 0 Å². The van der Waals surface area contributed by atoms with Gasteiger partial charge in [-0.15, -0.1) is 0 Å². The SMILES string of the molecule is CNC(=O)NCc1ccc(C(=N)N)cc1F. The number of hydrogen-bond acceptors (Lipinski definition) is 2. The van der Waals surface area contributed by atoms with E-state index < -0.39 is 5.82 Å². The molecule has 0 heterocycles. The van der Waals surface area contributed by atoms with E-state index in [9.17, 15) is 9.18 Å². The predicted octanol–water partition coefficient (Wildman–Crippen LogP) is 0.539. The molecule has 0 fully saturated rings. The Morgan fingerprint density at radius 2 is 2.25 bits per heavy atom. The molecular weight excluding hydrogens is 211 g/mol. The van der Waals surface area contributed by atoms with Gasteiger partial charge in [0, 0.05) is 24.7 Å². The Labute approximate surface area is 92.3 Å². The number of carbonyl (C=O) groups excluding carboxylic acids is 1. The highest BCUT2D eigenvalue weighted by molar-refractivity contribution is 5.94. The van der Waals surface area contributed by atoms with Crippen molar-refractivity contribution in [1.82, 2.24) is 10.6 Å². The lowest BCUT2D eigenvalue weighted by Gasteiger charge is -2.07. The first-order valence-electron chi connectivity index (χ1n) is 4.63. The average Bonchev–Trinajstić information content (AvgIpc) is 2.26. The van der Waals surface area contributed by atoms with E-state index in [1.165, 1.54) is 25.2 Å². The van der Waals surface area contributed by atoms with Crippen molar-refractivity contribution < 1.29 is 9.18 Å². The molecule has 6 heteroatoms. The third kappa shape index (κ3) is 2.94. The van der Waals surface area contributed by atoms with Gasteiger partial charge in [0.15, 0.2) is 0 Å². The Hall–Kier alpha value is -2.11. The normalized spacial score (nSPS) is 9.62. The molecule has 5 N–H and O–H groups in total. The number of nitrogens with two attached hydrogens (primary N) is 1. The highest BCUT2D eigenvalue weighted by Crippen LogP contribution is 2.09. The molecule has 0 aliphatic carbocycles. The number of halogens is 1. The van der Waals surface area contributed by atoms with Crippen molar-refractivity contribution in [2.45, 2.75) is 6.54 Å². The number of carbonyl (C=O) groups is 1. The van der Waals surface area contributed by atoms with Gasteiger partial charge >= 0.3 is 6.03 Å². The molecule has 1 aromatic rings. The summed E-state index contributed by atoms with van der Waals surface area (Å²) in [5.41, 5.74) is 5.88. The van der Waals surface area contributed by atoms with Crippen molar-refractivity contribution in [1.29, 1.82) is 5.41 Å². The molecule has 0 bridgehead atoms. The van der Waals surface area contributed by atoms with Gasteiger partial charge < -0.3 is 16.4 Å². The van der Waals surface area contributed by atoms with Crippen LogP contribution in [0.15, 0.2) is 18.2 Å². The van der Waals surface area contributed by atoms with Gasteiger partial charge in [-0.1, -0.05) is 12.1 Å². The summed E-state index contributed by atoms with van der Waals surface area (Å²) >= 11 is 0. The van der Waals surface area contributed by atoms with E-state index in [4.69, 9.17) is 11.1 Å². The van der Waals surface area contributed by atoms with Crippen molar-refractivity contribution in [3.63, 3.8) is 0 Å². The zero-order chi connectivity index (χ0) is 12.1. The Kier molecular flexibility index (Phi) is 3.82. The molecule has 0 aromatic heterocycles. The monoisotopic (exact) mass is 224 g/mol. The summed E-state index contributed by atoms with van der Waals surface area (Å²) in [4.78, 5) is 10.9. The van der Waals surface area contributed by atoms with Crippen molar-refractivity contribution in [3.8, 4) is 0 Å². The highest BCUT2D eigenvalue weighted by Gasteiger charge is 2.06.